The molecular weight excluding hydrogens is 232 g/mol. The topological polar surface area (TPSA) is 33.6 Å². The van der Waals surface area contributed by atoms with Gasteiger partial charge in [-0.25, -0.2) is 0 Å². The minimum Gasteiger partial charge on any atom is -0.379 e. The number of nitrogens with zero attached hydrogens (tertiary/aromatic N) is 1. The second-order valence-electron chi connectivity index (χ2n) is 5.98. The third-order valence-electron chi connectivity index (χ3n) is 4.23. The maximum absolute atomic E-state index is 5.48. The molecule has 1 unspecified atom stereocenters. The SMILES string of the molecule is CC1(NC2=NC3(CCCCC3)CS2)CCOC1. The molecular formula is C13H22N2OS. The molecule has 1 spiro atoms. The Morgan fingerprint density at radius 3 is 2.76 bits per heavy atom. The fourth-order valence-corrected chi connectivity index (χ4v) is 4.37. The van der Waals surface area contributed by atoms with Crippen LogP contribution >= 0.6 is 11.8 Å². The van der Waals surface area contributed by atoms with Gasteiger partial charge in [-0.15, -0.1) is 0 Å². The van der Waals surface area contributed by atoms with Crippen molar-refractivity contribution in [2.24, 2.45) is 4.99 Å². The Morgan fingerprint density at radius 2 is 2.06 bits per heavy atom. The second-order valence-corrected chi connectivity index (χ2v) is 6.94. The lowest BCUT2D eigenvalue weighted by atomic mass is 9.84. The molecule has 1 N–H and O–H groups in total. The molecule has 0 bridgehead atoms. The van der Waals surface area contributed by atoms with Crippen LogP contribution in [0.1, 0.15) is 45.4 Å². The molecule has 2 heterocycles. The van der Waals surface area contributed by atoms with E-state index >= 15 is 0 Å². The van der Waals surface area contributed by atoms with Crippen molar-refractivity contribution in [1.82, 2.24) is 5.32 Å². The molecule has 0 amide bonds. The largest absolute Gasteiger partial charge is 0.379 e. The third kappa shape index (κ3) is 2.48. The fraction of sp³-hybridized carbons (Fsp3) is 0.923. The Balaban J connectivity index is 1.66. The van der Waals surface area contributed by atoms with Crippen molar-refractivity contribution in [3.05, 3.63) is 0 Å². The Bertz CT molecular complexity index is 317. The molecule has 2 aliphatic heterocycles. The Morgan fingerprint density at radius 1 is 1.24 bits per heavy atom. The number of rotatable bonds is 1. The lowest BCUT2D eigenvalue weighted by Crippen LogP contribution is -2.45. The molecule has 3 aliphatic rings. The van der Waals surface area contributed by atoms with Gasteiger partial charge in [-0.3, -0.25) is 4.99 Å². The van der Waals surface area contributed by atoms with Crippen molar-refractivity contribution >= 4 is 16.9 Å². The molecule has 1 saturated heterocycles. The molecule has 1 saturated carbocycles. The van der Waals surface area contributed by atoms with Crippen LogP contribution in [0, 0.1) is 0 Å². The highest BCUT2D eigenvalue weighted by molar-refractivity contribution is 8.14. The van der Waals surface area contributed by atoms with Gasteiger partial charge in [0.2, 0.25) is 0 Å². The van der Waals surface area contributed by atoms with Gasteiger partial charge in [0.1, 0.15) is 0 Å². The van der Waals surface area contributed by atoms with Crippen molar-refractivity contribution in [3.8, 4) is 0 Å². The number of amidine groups is 1. The number of aliphatic imine (C=N–C) groups is 1. The summed E-state index contributed by atoms with van der Waals surface area (Å²) in [6.07, 6.45) is 7.79. The molecule has 0 radical (unpaired) electrons. The molecule has 17 heavy (non-hydrogen) atoms. The van der Waals surface area contributed by atoms with E-state index in [1.807, 2.05) is 11.8 Å². The minimum atomic E-state index is 0.117. The highest BCUT2D eigenvalue weighted by Crippen LogP contribution is 2.39. The van der Waals surface area contributed by atoms with Gasteiger partial charge in [0.15, 0.2) is 5.17 Å². The summed E-state index contributed by atoms with van der Waals surface area (Å²) in [6, 6.07) is 0. The quantitative estimate of drug-likeness (QED) is 0.781. The molecule has 0 aromatic heterocycles. The molecule has 3 rings (SSSR count). The van der Waals surface area contributed by atoms with Crippen LogP contribution in [0.25, 0.3) is 0 Å². The summed E-state index contributed by atoms with van der Waals surface area (Å²) < 4.78 is 5.48. The van der Waals surface area contributed by atoms with Crippen molar-refractivity contribution in [1.29, 1.82) is 0 Å². The van der Waals surface area contributed by atoms with Gasteiger partial charge in [-0.05, 0) is 26.2 Å². The molecule has 1 aliphatic carbocycles. The predicted molar refractivity (Wildman–Crippen MR) is 72.7 cm³/mol. The van der Waals surface area contributed by atoms with E-state index in [9.17, 15) is 0 Å². The van der Waals surface area contributed by atoms with E-state index in [2.05, 4.69) is 12.2 Å². The van der Waals surface area contributed by atoms with Crippen molar-refractivity contribution in [3.63, 3.8) is 0 Å². The van der Waals surface area contributed by atoms with Crippen LogP contribution in [0.4, 0.5) is 0 Å². The molecule has 4 heteroatoms. The summed E-state index contributed by atoms with van der Waals surface area (Å²) in [4.78, 5) is 5.00. The van der Waals surface area contributed by atoms with Crippen molar-refractivity contribution in [2.45, 2.75) is 56.5 Å². The van der Waals surface area contributed by atoms with Crippen LogP contribution < -0.4 is 5.32 Å². The summed E-state index contributed by atoms with van der Waals surface area (Å²) >= 11 is 1.92. The number of ether oxygens (including phenoxy) is 1. The van der Waals surface area contributed by atoms with Gasteiger partial charge in [0, 0.05) is 12.4 Å². The summed E-state index contributed by atoms with van der Waals surface area (Å²) in [7, 11) is 0. The standard InChI is InChI=1S/C13H22N2OS/c1-12(7-8-16-9-12)14-11-15-13(10-17-11)5-3-2-4-6-13/h2-10H2,1H3,(H,14,15). The van der Waals surface area contributed by atoms with Gasteiger partial charge in [-0.1, -0.05) is 31.0 Å². The van der Waals surface area contributed by atoms with Crippen molar-refractivity contribution in [2.75, 3.05) is 19.0 Å². The van der Waals surface area contributed by atoms with Gasteiger partial charge < -0.3 is 10.1 Å². The molecule has 96 valence electrons. The molecule has 0 aromatic rings. The van der Waals surface area contributed by atoms with Crippen LogP contribution in [-0.4, -0.2) is 35.2 Å². The van der Waals surface area contributed by atoms with E-state index in [0.29, 0.717) is 0 Å². The van der Waals surface area contributed by atoms with E-state index in [-0.39, 0.29) is 11.1 Å². The molecule has 3 nitrogen and oxygen atoms in total. The zero-order valence-electron chi connectivity index (χ0n) is 10.6. The van der Waals surface area contributed by atoms with Gasteiger partial charge in [0.25, 0.3) is 0 Å². The number of nitrogens with one attached hydrogen (secondary N) is 1. The summed E-state index contributed by atoms with van der Waals surface area (Å²) in [5, 5.41) is 4.78. The lowest BCUT2D eigenvalue weighted by molar-refractivity contribution is 0.177. The van der Waals surface area contributed by atoms with Crippen molar-refractivity contribution < 1.29 is 4.74 Å². The number of hydrogen-bond donors (Lipinski definition) is 1. The Labute approximate surface area is 108 Å². The average molecular weight is 254 g/mol. The average Bonchev–Trinajstić information content (AvgIpc) is 2.89. The van der Waals surface area contributed by atoms with E-state index in [0.717, 1.165) is 19.6 Å². The maximum Gasteiger partial charge on any atom is 0.157 e. The van der Waals surface area contributed by atoms with Crippen LogP contribution in [-0.2, 0) is 4.74 Å². The van der Waals surface area contributed by atoms with Crippen LogP contribution in [0.2, 0.25) is 0 Å². The van der Waals surface area contributed by atoms with Gasteiger partial charge in [0.05, 0.1) is 17.7 Å². The third-order valence-corrected chi connectivity index (χ3v) is 5.38. The fourth-order valence-electron chi connectivity index (χ4n) is 3.04. The predicted octanol–water partition coefficient (Wildman–Crippen LogP) is 2.56. The monoisotopic (exact) mass is 254 g/mol. The maximum atomic E-state index is 5.48. The van der Waals surface area contributed by atoms with E-state index in [1.165, 1.54) is 43.0 Å². The highest BCUT2D eigenvalue weighted by Gasteiger charge is 2.39. The highest BCUT2D eigenvalue weighted by atomic mass is 32.2. The number of thioether (sulfide) groups is 1. The first-order valence-electron chi connectivity index (χ1n) is 6.79. The normalized spacial score (nSPS) is 36.2. The van der Waals surface area contributed by atoms with Gasteiger partial charge >= 0.3 is 0 Å². The molecule has 0 aromatic carbocycles. The molecule has 2 fully saturated rings. The first-order chi connectivity index (χ1) is 8.20. The van der Waals surface area contributed by atoms with Gasteiger partial charge in [-0.2, -0.15) is 0 Å². The summed E-state index contributed by atoms with van der Waals surface area (Å²) in [6.45, 7) is 3.95. The zero-order chi connectivity index (χ0) is 11.8. The van der Waals surface area contributed by atoms with E-state index in [4.69, 9.17) is 9.73 Å². The Kier molecular flexibility index (Phi) is 3.11. The summed E-state index contributed by atoms with van der Waals surface area (Å²) in [5.74, 6) is 1.19. The molecule has 1 atom stereocenters. The Hall–Kier alpha value is -0.220. The van der Waals surface area contributed by atoms with Crippen LogP contribution in [0.3, 0.4) is 0 Å². The lowest BCUT2D eigenvalue weighted by Gasteiger charge is -2.29. The van der Waals surface area contributed by atoms with E-state index in [1.54, 1.807) is 0 Å². The first-order valence-corrected chi connectivity index (χ1v) is 7.77. The number of hydrogen-bond acceptors (Lipinski definition) is 4. The zero-order valence-corrected chi connectivity index (χ0v) is 11.4. The first kappa shape index (κ1) is 11.8. The van der Waals surface area contributed by atoms with Crippen LogP contribution in [0.5, 0.6) is 0 Å². The van der Waals surface area contributed by atoms with Crippen LogP contribution in [0.15, 0.2) is 4.99 Å². The van der Waals surface area contributed by atoms with E-state index < -0.39 is 0 Å². The minimum absolute atomic E-state index is 0.117. The smallest absolute Gasteiger partial charge is 0.157 e. The summed E-state index contributed by atoms with van der Waals surface area (Å²) in [5.41, 5.74) is 0.396. The second kappa shape index (κ2) is 4.47.